The lowest BCUT2D eigenvalue weighted by Crippen LogP contribution is -2.32. The Balaban J connectivity index is 1.74. The molecular weight excluding hydrogens is 540 g/mol. The molecule has 2 heterocycles. The molecule has 0 bridgehead atoms. The normalized spacial score (nSPS) is 17.8. The lowest BCUT2D eigenvalue weighted by molar-refractivity contribution is -0.160. The summed E-state index contributed by atoms with van der Waals surface area (Å²) in [5.74, 6) is -3.88. The van der Waals surface area contributed by atoms with Crippen LogP contribution in [0.4, 0.5) is 17.6 Å². The van der Waals surface area contributed by atoms with E-state index in [0.29, 0.717) is 10.7 Å². The molecular formula is C24H17ClF4N2O5S. The minimum Gasteiger partial charge on any atom is -0.478 e. The number of hydrogen-bond donors (Lipinski definition) is 1. The molecule has 2 aliphatic rings. The number of aromatic nitrogens is 2. The third kappa shape index (κ3) is 3.93. The summed E-state index contributed by atoms with van der Waals surface area (Å²) in [4.78, 5) is 24.5. The maximum absolute atomic E-state index is 14.9. The third-order valence-corrected chi connectivity index (χ3v) is 8.96. The lowest BCUT2D eigenvalue weighted by Gasteiger charge is -2.23. The van der Waals surface area contributed by atoms with Crippen molar-refractivity contribution in [1.82, 2.24) is 9.78 Å². The summed E-state index contributed by atoms with van der Waals surface area (Å²) in [5, 5.41) is 12.9. The zero-order valence-corrected chi connectivity index (χ0v) is 20.3. The van der Waals surface area contributed by atoms with Gasteiger partial charge in [-0.1, -0.05) is 23.7 Å². The highest BCUT2D eigenvalue weighted by Crippen LogP contribution is 2.60. The highest BCUT2D eigenvalue weighted by molar-refractivity contribution is 7.91. The van der Waals surface area contributed by atoms with Crippen molar-refractivity contribution in [2.24, 2.45) is 0 Å². The van der Waals surface area contributed by atoms with Gasteiger partial charge in [0.25, 0.3) is 5.91 Å². The minimum absolute atomic E-state index is 0.0341. The van der Waals surface area contributed by atoms with Crippen LogP contribution in [0.25, 0.3) is 11.3 Å². The molecule has 0 radical (unpaired) electrons. The second kappa shape index (κ2) is 8.38. The van der Waals surface area contributed by atoms with Crippen LogP contribution in [0.2, 0.25) is 5.02 Å². The Morgan fingerprint density at radius 1 is 1.14 bits per heavy atom. The second-order valence-corrected chi connectivity index (χ2v) is 11.5. The Hall–Kier alpha value is -3.25. The fourth-order valence-electron chi connectivity index (χ4n) is 4.78. The number of benzene rings is 2. The van der Waals surface area contributed by atoms with E-state index in [2.05, 4.69) is 5.10 Å². The molecule has 13 heteroatoms. The number of alkyl halides is 3. The first-order valence-electron chi connectivity index (χ1n) is 11.1. The third-order valence-electron chi connectivity index (χ3n) is 6.77. The number of carboxylic acids is 1. The van der Waals surface area contributed by atoms with Gasteiger partial charge in [0.2, 0.25) is 0 Å². The minimum atomic E-state index is -4.65. The molecule has 1 aromatic heterocycles. The quantitative estimate of drug-likeness (QED) is 0.451. The number of sulfone groups is 1. The van der Waals surface area contributed by atoms with E-state index in [-0.39, 0.29) is 53.3 Å². The summed E-state index contributed by atoms with van der Waals surface area (Å²) in [6.07, 6.45) is -4.99. The molecule has 1 fully saturated rings. The number of carbonyl (C=O) groups excluding carboxylic acids is 1. The molecule has 1 saturated carbocycles. The number of hydrogen-bond acceptors (Lipinski definition) is 5. The number of carboxylic acid groups (broad SMARTS) is 1. The fraction of sp³-hybridized carbons (Fsp3) is 0.292. The van der Waals surface area contributed by atoms with Crippen LogP contribution in [0.5, 0.6) is 0 Å². The van der Waals surface area contributed by atoms with Crippen molar-refractivity contribution in [1.29, 1.82) is 0 Å². The summed E-state index contributed by atoms with van der Waals surface area (Å²) in [6, 6.07) is 6.49. The van der Waals surface area contributed by atoms with Gasteiger partial charge in [-0.3, -0.25) is 4.79 Å². The predicted octanol–water partition coefficient (Wildman–Crippen LogP) is 5.04. The fourth-order valence-corrected chi connectivity index (χ4v) is 6.75. The van der Waals surface area contributed by atoms with Crippen LogP contribution in [0.3, 0.4) is 0 Å². The molecule has 37 heavy (non-hydrogen) atoms. The van der Waals surface area contributed by atoms with Gasteiger partial charge in [0.15, 0.2) is 9.84 Å². The number of fused-ring (bicyclic) bond motifs is 1. The Morgan fingerprint density at radius 3 is 2.43 bits per heavy atom. The molecule has 1 N–H and O–H groups in total. The maximum Gasteiger partial charge on any atom is 0.398 e. The Labute approximate surface area is 212 Å². The molecule has 194 valence electrons. The molecule has 0 spiro atoms. The van der Waals surface area contributed by atoms with Crippen LogP contribution in [-0.4, -0.2) is 47.1 Å². The van der Waals surface area contributed by atoms with E-state index in [1.165, 1.54) is 12.1 Å². The van der Waals surface area contributed by atoms with Gasteiger partial charge in [0.1, 0.15) is 16.4 Å². The first-order valence-corrected chi connectivity index (χ1v) is 13.1. The lowest BCUT2D eigenvalue weighted by atomic mass is 9.90. The Kier molecular flexibility index (Phi) is 5.76. The van der Waals surface area contributed by atoms with Crippen LogP contribution in [-0.2, 0) is 21.7 Å². The van der Waals surface area contributed by atoms with Gasteiger partial charge >= 0.3 is 12.1 Å². The van der Waals surface area contributed by atoms with E-state index in [1.807, 2.05) is 0 Å². The summed E-state index contributed by atoms with van der Waals surface area (Å²) >= 11 is 6.23. The largest absolute Gasteiger partial charge is 0.478 e. The van der Waals surface area contributed by atoms with Gasteiger partial charge in [-0.15, -0.1) is 0 Å². The molecule has 5 rings (SSSR count). The molecule has 2 aromatic carbocycles. The zero-order chi connectivity index (χ0) is 26.9. The van der Waals surface area contributed by atoms with E-state index in [0.717, 1.165) is 18.2 Å². The molecule has 1 aliphatic heterocycles. The van der Waals surface area contributed by atoms with E-state index in [1.54, 1.807) is 0 Å². The first kappa shape index (κ1) is 25.4. The highest BCUT2D eigenvalue weighted by Gasteiger charge is 2.65. The van der Waals surface area contributed by atoms with Crippen molar-refractivity contribution in [3.63, 3.8) is 0 Å². The molecule has 0 atom stereocenters. The second-order valence-electron chi connectivity index (χ2n) is 9.01. The number of carbonyl (C=O) groups is 2. The zero-order valence-electron chi connectivity index (χ0n) is 18.8. The van der Waals surface area contributed by atoms with Gasteiger partial charge in [-0.2, -0.15) is 23.0 Å². The van der Waals surface area contributed by atoms with Gasteiger partial charge in [-0.05, 0) is 55.5 Å². The Morgan fingerprint density at radius 2 is 1.84 bits per heavy atom. The van der Waals surface area contributed by atoms with Crippen LogP contribution < -0.4 is 0 Å². The average molecular weight is 557 g/mol. The molecule has 3 aromatic rings. The smallest absolute Gasteiger partial charge is 0.398 e. The van der Waals surface area contributed by atoms with E-state index < -0.39 is 60.8 Å². The van der Waals surface area contributed by atoms with Crippen LogP contribution in [0, 0.1) is 5.82 Å². The van der Waals surface area contributed by atoms with Gasteiger partial charge in [-0.25, -0.2) is 17.6 Å². The SMILES string of the molecule is O=C(O)c1ccc(-c2nn(C(=O)c3c(Cl)cccc3C3(C(F)(F)F)CC3)c3c2S(=O)(=O)CCC3)c(F)c1. The van der Waals surface area contributed by atoms with Crippen LogP contribution >= 0.6 is 11.6 Å². The maximum atomic E-state index is 14.9. The van der Waals surface area contributed by atoms with Crippen LogP contribution in [0.15, 0.2) is 41.3 Å². The van der Waals surface area contributed by atoms with Gasteiger partial charge in [0.05, 0.1) is 33.0 Å². The van der Waals surface area contributed by atoms with Crippen molar-refractivity contribution < 1.29 is 40.7 Å². The van der Waals surface area contributed by atoms with E-state index in [4.69, 9.17) is 16.7 Å². The summed E-state index contributed by atoms with van der Waals surface area (Å²) in [5.41, 5.74) is -4.34. The topological polar surface area (TPSA) is 106 Å². The van der Waals surface area contributed by atoms with Gasteiger partial charge < -0.3 is 5.11 Å². The summed E-state index contributed by atoms with van der Waals surface area (Å²) in [6.45, 7) is 0. The Bertz CT molecular complexity index is 1590. The number of nitrogens with zero attached hydrogens (tertiary/aromatic N) is 2. The monoisotopic (exact) mass is 556 g/mol. The number of aromatic carboxylic acids is 1. The summed E-state index contributed by atoms with van der Waals surface area (Å²) < 4.78 is 83.5. The molecule has 7 nitrogen and oxygen atoms in total. The molecule has 0 unspecified atom stereocenters. The number of halogens is 5. The standard InChI is InChI=1S/C24H17ClF4N2O5S/c25-15-4-1-3-14(23(8-9-23)24(27,28)29)18(15)21(32)31-17-5-2-10-37(35,36)20(17)19(30-31)13-7-6-12(22(33)34)11-16(13)26/h1,3-4,6-7,11H,2,5,8-10H2,(H,33,34). The van der Waals surface area contributed by atoms with Gasteiger partial charge in [0, 0.05) is 5.56 Å². The number of rotatable bonds is 4. The first-order chi connectivity index (χ1) is 17.3. The highest BCUT2D eigenvalue weighted by atomic mass is 35.5. The van der Waals surface area contributed by atoms with Crippen molar-refractivity contribution in [3.05, 3.63) is 69.6 Å². The van der Waals surface area contributed by atoms with Crippen molar-refractivity contribution in [2.45, 2.75) is 42.2 Å². The molecule has 0 saturated heterocycles. The summed E-state index contributed by atoms with van der Waals surface area (Å²) in [7, 11) is -4.05. The molecule has 0 amide bonds. The average Bonchev–Trinajstić information content (AvgIpc) is 3.54. The van der Waals surface area contributed by atoms with Crippen molar-refractivity contribution >= 4 is 33.3 Å². The predicted molar refractivity (Wildman–Crippen MR) is 123 cm³/mol. The molecule has 1 aliphatic carbocycles. The van der Waals surface area contributed by atoms with Crippen molar-refractivity contribution in [2.75, 3.05) is 5.75 Å². The van der Waals surface area contributed by atoms with Crippen molar-refractivity contribution in [3.8, 4) is 11.3 Å². The van der Waals surface area contributed by atoms with E-state index >= 15 is 0 Å². The van der Waals surface area contributed by atoms with Crippen LogP contribution in [0.1, 0.15) is 51.2 Å². The van der Waals surface area contributed by atoms with E-state index in [9.17, 15) is 35.6 Å².